The van der Waals surface area contributed by atoms with Crippen LogP contribution >= 0.6 is 11.3 Å². The van der Waals surface area contributed by atoms with Crippen LogP contribution in [0.5, 0.6) is 0 Å². The van der Waals surface area contributed by atoms with Crippen molar-refractivity contribution in [3.05, 3.63) is 41.1 Å². The Morgan fingerprint density at radius 3 is 2.51 bits per heavy atom. The third kappa shape index (κ3) is 5.45. The summed E-state index contributed by atoms with van der Waals surface area (Å²) >= 11 is 1.49. The predicted octanol–water partition coefficient (Wildman–Crippen LogP) is 0.101. The van der Waals surface area contributed by atoms with Crippen LogP contribution in [0.1, 0.15) is 50.5 Å². The molecular weight excluding hydrogens is 532 g/mol. The summed E-state index contributed by atoms with van der Waals surface area (Å²) in [6.45, 7) is 2.73. The van der Waals surface area contributed by atoms with Crippen LogP contribution in [0.3, 0.4) is 0 Å². The number of aliphatic hydroxyl groups is 1. The number of ether oxygens (including phenoxy) is 1. The number of nitrogens with one attached hydrogen (secondary N) is 1. The molecule has 10 heteroatoms. The number of thiophene rings is 1. The minimum absolute atomic E-state index is 0. The Hall–Kier alpha value is -1.88. The van der Waals surface area contributed by atoms with E-state index >= 15 is 0 Å². The number of amides is 1. The van der Waals surface area contributed by atoms with Crippen LogP contribution in [0.15, 0.2) is 35.5 Å². The van der Waals surface area contributed by atoms with Crippen molar-refractivity contribution in [3.8, 4) is 0 Å². The van der Waals surface area contributed by atoms with Crippen LogP contribution < -0.4 is 22.3 Å². The summed E-state index contributed by atoms with van der Waals surface area (Å²) in [5.41, 5.74) is -0.361. The minimum atomic E-state index is -1.60. The molecule has 3 saturated heterocycles. The van der Waals surface area contributed by atoms with E-state index in [1.54, 1.807) is 12.4 Å². The van der Waals surface area contributed by atoms with Gasteiger partial charge in [-0.3, -0.25) is 4.79 Å². The van der Waals surface area contributed by atoms with Gasteiger partial charge in [0, 0.05) is 30.2 Å². The third-order valence-electron chi connectivity index (χ3n) is 8.09. The Kier molecular flexibility index (Phi) is 8.25. The van der Waals surface area contributed by atoms with E-state index in [1.165, 1.54) is 17.7 Å². The molecule has 4 aliphatic rings. The first-order valence-corrected chi connectivity index (χ1v) is 13.3. The predicted molar refractivity (Wildman–Crippen MR) is 128 cm³/mol. The zero-order chi connectivity index (χ0) is 23.6. The summed E-state index contributed by atoms with van der Waals surface area (Å²) in [7, 11) is 0. The summed E-state index contributed by atoms with van der Waals surface area (Å²) in [6, 6.07) is 1.85. The fourth-order valence-corrected chi connectivity index (χ4v) is 6.90. The lowest BCUT2D eigenvalue weighted by atomic mass is 9.74. The second-order valence-corrected chi connectivity index (χ2v) is 11.0. The average Bonchev–Trinajstić information content (AvgIpc) is 3.40. The number of quaternary nitrogens is 1. The number of halogens is 1. The number of hydrogen-bond donors (Lipinski definition) is 2. The number of carbonyl (C=O) groups excluding carboxylic acids is 2. The Balaban J connectivity index is 0.00000289. The van der Waals surface area contributed by atoms with Crippen molar-refractivity contribution in [2.24, 2.45) is 11.8 Å². The zero-order valence-corrected chi connectivity index (χ0v) is 22.2. The van der Waals surface area contributed by atoms with E-state index in [9.17, 15) is 14.7 Å². The molecule has 190 valence electrons. The first-order valence-electron chi connectivity index (χ1n) is 12.3. The largest absolute Gasteiger partial charge is 1.00 e. The molecule has 5 heterocycles. The molecule has 8 nitrogen and oxygen atoms in total. The Labute approximate surface area is 220 Å². The van der Waals surface area contributed by atoms with Crippen LogP contribution in [-0.4, -0.2) is 63.7 Å². The van der Waals surface area contributed by atoms with E-state index in [0.717, 1.165) is 58.0 Å². The molecule has 4 fully saturated rings. The molecule has 1 aliphatic carbocycles. The van der Waals surface area contributed by atoms with Crippen molar-refractivity contribution in [3.63, 3.8) is 0 Å². The van der Waals surface area contributed by atoms with Crippen LogP contribution in [0.2, 0.25) is 0 Å². The van der Waals surface area contributed by atoms with Crippen molar-refractivity contribution in [1.29, 1.82) is 0 Å². The number of aromatic nitrogens is 2. The standard InChI is InChI=1S/C25H32N4O4S.BrH/c30-23(28-21-12-26-17-27-13-21)15-29-9-6-18(7-10-29)22(14-29)33-24(31)25(32,20-8-11-34-16-20)19-4-2-1-3-5-19;/h8,11-13,16-19,22,32H,1-7,9-10,14-15H2;1H/t18?,22-,25?,29?;/m0./s1. The number of rotatable bonds is 7. The number of anilines is 1. The summed E-state index contributed by atoms with van der Waals surface area (Å²) in [5.74, 6) is -0.433. The van der Waals surface area contributed by atoms with Crippen LogP contribution in [-0.2, 0) is 19.9 Å². The normalized spacial score (nSPS) is 27.9. The lowest BCUT2D eigenvalue weighted by Gasteiger charge is -2.52. The zero-order valence-electron chi connectivity index (χ0n) is 19.8. The molecule has 2 aromatic rings. The molecule has 1 unspecified atom stereocenters. The molecule has 2 N–H and O–H groups in total. The summed E-state index contributed by atoms with van der Waals surface area (Å²) in [5, 5.41) is 18.4. The van der Waals surface area contributed by atoms with Gasteiger partial charge in [-0.1, -0.05) is 19.3 Å². The van der Waals surface area contributed by atoms with Gasteiger partial charge >= 0.3 is 5.97 Å². The molecule has 1 amide bonds. The van der Waals surface area contributed by atoms with E-state index in [4.69, 9.17) is 4.74 Å². The topological polar surface area (TPSA) is 101 Å². The lowest BCUT2D eigenvalue weighted by molar-refractivity contribution is -0.939. The molecule has 0 spiro atoms. The fraction of sp³-hybridized carbons (Fsp3) is 0.600. The monoisotopic (exact) mass is 564 g/mol. The van der Waals surface area contributed by atoms with Gasteiger partial charge in [-0.2, -0.15) is 11.3 Å². The minimum Gasteiger partial charge on any atom is -1.00 e. The van der Waals surface area contributed by atoms with Crippen molar-refractivity contribution >= 4 is 28.9 Å². The Morgan fingerprint density at radius 1 is 1.14 bits per heavy atom. The molecule has 2 atom stereocenters. The summed E-state index contributed by atoms with van der Waals surface area (Å²) in [4.78, 5) is 34.3. The highest BCUT2D eigenvalue weighted by molar-refractivity contribution is 7.08. The fourth-order valence-electron chi connectivity index (χ4n) is 6.19. The number of esters is 1. The molecule has 2 bridgehead atoms. The number of nitrogens with zero attached hydrogens (tertiary/aromatic N) is 3. The highest BCUT2D eigenvalue weighted by Crippen LogP contribution is 2.43. The van der Waals surface area contributed by atoms with Gasteiger partial charge in [-0.05, 0) is 29.7 Å². The number of piperidine rings is 3. The second-order valence-electron chi connectivity index (χ2n) is 10.2. The molecule has 0 aromatic carbocycles. The molecular formula is C25H33BrN4O4S. The Morgan fingerprint density at radius 2 is 1.86 bits per heavy atom. The highest BCUT2D eigenvalue weighted by atomic mass is 79.9. The molecule has 3 aliphatic heterocycles. The van der Waals surface area contributed by atoms with Gasteiger partial charge < -0.3 is 36.6 Å². The van der Waals surface area contributed by atoms with Gasteiger partial charge in [0.25, 0.3) is 5.91 Å². The maximum absolute atomic E-state index is 13.6. The number of hydrogen-bond acceptors (Lipinski definition) is 7. The van der Waals surface area contributed by atoms with Crippen molar-refractivity contribution in [2.45, 2.75) is 56.7 Å². The van der Waals surface area contributed by atoms with E-state index < -0.39 is 11.6 Å². The van der Waals surface area contributed by atoms with E-state index in [0.29, 0.717) is 28.8 Å². The molecule has 35 heavy (non-hydrogen) atoms. The van der Waals surface area contributed by atoms with Crippen LogP contribution in [0.4, 0.5) is 5.69 Å². The number of fused-ring (bicyclic) bond motifs is 3. The van der Waals surface area contributed by atoms with Gasteiger partial charge in [0.15, 0.2) is 18.2 Å². The third-order valence-corrected chi connectivity index (χ3v) is 8.77. The lowest BCUT2D eigenvalue weighted by Crippen LogP contribution is -3.00. The van der Waals surface area contributed by atoms with Crippen LogP contribution in [0, 0.1) is 11.8 Å². The maximum Gasteiger partial charge on any atom is 0.343 e. The van der Waals surface area contributed by atoms with E-state index in [-0.39, 0.29) is 40.8 Å². The summed E-state index contributed by atoms with van der Waals surface area (Å²) in [6.07, 6.45) is 11.0. The maximum atomic E-state index is 13.6. The van der Waals surface area contributed by atoms with Crippen molar-refractivity contribution in [2.75, 3.05) is 31.5 Å². The van der Waals surface area contributed by atoms with Crippen molar-refractivity contribution in [1.82, 2.24) is 9.97 Å². The quantitative estimate of drug-likeness (QED) is 0.365. The van der Waals surface area contributed by atoms with Gasteiger partial charge in [0.1, 0.15) is 12.9 Å². The highest BCUT2D eigenvalue weighted by Gasteiger charge is 2.52. The number of carbonyl (C=O) groups is 2. The Bertz CT molecular complexity index is 994. The van der Waals surface area contributed by atoms with E-state index in [1.807, 2.05) is 16.8 Å². The molecule has 6 rings (SSSR count). The smallest absolute Gasteiger partial charge is 0.343 e. The molecule has 0 radical (unpaired) electrons. The van der Waals surface area contributed by atoms with Crippen molar-refractivity contribution < 1.29 is 40.9 Å². The second kappa shape index (κ2) is 11.0. The SMILES string of the molecule is O=C(C[N+]12CCC(CC1)[C@@H](OC(=O)C(O)(c1ccsc1)C1CCCCC1)C2)Nc1cncnc1.[Br-]. The van der Waals surface area contributed by atoms with Gasteiger partial charge in [0.2, 0.25) is 0 Å². The molecule has 1 saturated carbocycles. The van der Waals surface area contributed by atoms with Crippen LogP contribution in [0.25, 0.3) is 0 Å². The molecule has 2 aromatic heterocycles. The van der Waals surface area contributed by atoms with E-state index in [2.05, 4.69) is 15.3 Å². The average molecular weight is 566 g/mol. The van der Waals surface area contributed by atoms with Gasteiger partial charge in [0.05, 0.1) is 31.2 Å². The first-order chi connectivity index (χ1) is 16.5. The first kappa shape index (κ1) is 26.2. The summed E-state index contributed by atoms with van der Waals surface area (Å²) < 4.78 is 6.75. The van der Waals surface area contributed by atoms with Gasteiger partial charge in [-0.15, -0.1) is 0 Å². The van der Waals surface area contributed by atoms with Gasteiger partial charge in [-0.25, -0.2) is 14.8 Å².